The molecular weight excluding hydrogens is 340 g/mol. The smallest absolute Gasteiger partial charge is 0.224 e. The van der Waals surface area contributed by atoms with Crippen LogP contribution in [-0.4, -0.2) is 27.9 Å². The van der Waals surface area contributed by atoms with Crippen LogP contribution in [0.15, 0.2) is 18.2 Å². The van der Waals surface area contributed by atoms with Gasteiger partial charge in [-0.15, -0.1) is 0 Å². The van der Waals surface area contributed by atoms with Gasteiger partial charge in [-0.25, -0.2) is 4.98 Å². The Morgan fingerprint density at radius 1 is 1.19 bits per heavy atom. The highest BCUT2D eigenvalue weighted by atomic mass is 16.2. The van der Waals surface area contributed by atoms with E-state index in [-0.39, 0.29) is 17.7 Å². The summed E-state index contributed by atoms with van der Waals surface area (Å²) in [6, 6.07) is 5.79. The molecule has 148 valence electrons. The molecule has 27 heavy (non-hydrogen) atoms. The van der Waals surface area contributed by atoms with Gasteiger partial charge >= 0.3 is 0 Å². The second-order valence-corrected chi connectivity index (χ2v) is 7.00. The molecule has 0 spiro atoms. The number of hydrogen-bond donors (Lipinski definition) is 2. The zero-order valence-electron chi connectivity index (χ0n) is 17.0. The lowest BCUT2D eigenvalue weighted by Gasteiger charge is -2.12. The number of amides is 2. The van der Waals surface area contributed by atoms with Crippen LogP contribution < -0.4 is 10.6 Å². The Kier molecular flexibility index (Phi) is 7.82. The Morgan fingerprint density at radius 2 is 1.93 bits per heavy atom. The van der Waals surface area contributed by atoms with Crippen LogP contribution in [0.2, 0.25) is 0 Å². The van der Waals surface area contributed by atoms with Crippen molar-refractivity contribution in [2.24, 2.45) is 13.0 Å². The third-order valence-corrected chi connectivity index (χ3v) is 5.02. The largest absolute Gasteiger partial charge is 0.355 e. The van der Waals surface area contributed by atoms with Gasteiger partial charge < -0.3 is 15.2 Å². The van der Waals surface area contributed by atoms with Gasteiger partial charge in [0, 0.05) is 38.0 Å². The molecule has 0 atom stereocenters. The van der Waals surface area contributed by atoms with Gasteiger partial charge in [-0.2, -0.15) is 0 Å². The topological polar surface area (TPSA) is 76.0 Å². The van der Waals surface area contributed by atoms with Crippen molar-refractivity contribution in [1.29, 1.82) is 0 Å². The third-order valence-electron chi connectivity index (χ3n) is 5.02. The van der Waals surface area contributed by atoms with E-state index >= 15 is 0 Å². The molecule has 2 rings (SSSR count). The SMILES string of the molecule is CCCCC(=O)Nc1ccc2c(c1)nc(CCNC(=O)C(CC)CC)n2C. The molecule has 1 aromatic carbocycles. The maximum Gasteiger partial charge on any atom is 0.224 e. The first-order valence-corrected chi connectivity index (χ1v) is 10.0. The Bertz CT molecular complexity index is 778. The van der Waals surface area contributed by atoms with Crippen molar-refractivity contribution in [3.05, 3.63) is 24.0 Å². The highest BCUT2D eigenvalue weighted by Gasteiger charge is 2.14. The molecule has 2 amide bonds. The van der Waals surface area contributed by atoms with Crippen molar-refractivity contribution < 1.29 is 9.59 Å². The molecule has 2 aromatic rings. The molecule has 0 saturated heterocycles. The van der Waals surface area contributed by atoms with E-state index in [2.05, 4.69) is 22.5 Å². The van der Waals surface area contributed by atoms with E-state index < -0.39 is 0 Å². The second kappa shape index (κ2) is 10.1. The molecule has 6 nitrogen and oxygen atoms in total. The fraction of sp³-hybridized carbons (Fsp3) is 0.571. The van der Waals surface area contributed by atoms with Gasteiger partial charge in [0.2, 0.25) is 11.8 Å². The maximum atomic E-state index is 12.1. The minimum atomic E-state index is 0.0384. The quantitative estimate of drug-likeness (QED) is 0.666. The Morgan fingerprint density at radius 3 is 2.59 bits per heavy atom. The average molecular weight is 373 g/mol. The average Bonchev–Trinajstić information content (AvgIpc) is 2.96. The molecule has 0 bridgehead atoms. The van der Waals surface area contributed by atoms with Gasteiger partial charge in [0.15, 0.2) is 0 Å². The van der Waals surface area contributed by atoms with Crippen LogP contribution >= 0.6 is 0 Å². The lowest BCUT2D eigenvalue weighted by atomic mass is 10.0. The number of rotatable bonds is 10. The first-order valence-electron chi connectivity index (χ1n) is 10.0. The van der Waals surface area contributed by atoms with Crippen LogP contribution in [0.1, 0.15) is 58.7 Å². The number of aromatic nitrogens is 2. The number of fused-ring (bicyclic) bond motifs is 1. The predicted octanol–water partition coefficient (Wildman–Crippen LogP) is 3.80. The van der Waals surface area contributed by atoms with Crippen molar-refractivity contribution >= 4 is 28.5 Å². The molecule has 0 aliphatic heterocycles. The van der Waals surface area contributed by atoms with Crippen LogP contribution in [0.3, 0.4) is 0 Å². The highest BCUT2D eigenvalue weighted by Crippen LogP contribution is 2.20. The number of imidazole rings is 1. The summed E-state index contributed by atoms with van der Waals surface area (Å²) in [6.45, 7) is 6.73. The van der Waals surface area contributed by atoms with Gasteiger partial charge in [-0.05, 0) is 37.5 Å². The number of anilines is 1. The molecule has 0 saturated carbocycles. The van der Waals surface area contributed by atoms with Crippen molar-refractivity contribution in [2.75, 3.05) is 11.9 Å². The van der Waals surface area contributed by atoms with Crippen LogP contribution in [0.4, 0.5) is 5.69 Å². The van der Waals surface area contributed by atoms with E-state index in [4.69, 9.17) is 0 Å². The normalized spacial score (nSPS) is 11.1. The molecule has 2 N–H and O–H groups in total. The zero-order valence-corrected chi connectivity index (χ0v) is 17.0. The predicted molar refractivity (Wildman–Crippen MR) is 110 cm³/mol. The van der Waals surface area contributed by atoms with Crippen LogP contribution in [0, 0.1) is 5.92 Å². The molecule has 0 unspecified atom stereocenters. The number of hydrogen-bond acceptors (Lipinski definition) is 3. The summed E-state index contributed by atoms with van der Waals surface area (Å²) in [7, 11) is 1.98. The summed E-state index contributed by atoms with van der Waals surface area (Å²) in [5.74, 6) is 1.17. The van der Waals surface area contributed by atoms with Crippen molar-refractivity contribution in [2.45, 2.75) is 59.3 Å². The van der Waals surface area contributed by atoms with Gasteiger partial charge in [-0.3, -0.25) is 9.59 Å². The Balaban J connectivity index is 2.01. The summed E-state index contributed by atoms with van der Waals surface area (Å²) in [5.41, 5.74) is 2.64. The summed E-state index contributed by atoms with van der Waals surface area (Å²) >= 11 is 0. The molecule has 0 aliphatic carbocycles. The Hall–Kier alpha value is -2.37. The molecule has 0 aliphatic rings. The minimum Gasteiger partial charge on any atom is -0.355 e. The van der Waals surface area contributed by atoms with E-state index in [1.54, 1.807) is 0 Å². The fourth-order valence-electron chi connectivity index (χ4n) is 3.21. The molecule has 1 heterocycles. The van der Waals surface area contributed by atoms with Gasteiger partial charge in [-0.1, -0.05) is 27.2 Å². The molecule has 0 fully saturated rings. The highest BCUT2D eigenvalue weighted by molar-refractivity contribution is 5.93. The fourth-order valence-corrected chi connectivity index (χ4v) is 3.21. The van der Waals surface area contributed by atoms with E-state index in [1.807, 2.05) is 43.7 Å². The molecule has 6 heteroatoms. The third kappa shape index (κ3) is 5.55. The van der Waals surface area contributed by atoms with Gasteiger partial charge in [0.25, 0.3) is 0 Å². The first-order chi connectivity index (χ1) is 13.0. The van der Waals surface area contributed by atoms with Crippen LogP contribution in [0.25, 0.3) is 11.0 Å². The standard InChI is InChI=1S/C21H32N4O2/c1-5-8-9-20(26)23-16-10-11-18-17(14-16)24-19(25(18)4)12-13-22-21(27)15(6-2)7-3/h10-11,14-15H,5-9,12-13H2,1-4H3,(H,22,27)(H,23,26). The molecular formula is C21H32N4O2. The van der Waals surface area contributed by atoms with Crippen LogP contribution in [-0.2, 0) is 23.1 Å². The van der Waals surface area contributed by atoms with Crippen molar-refractivity contribution in [3.63, 3.8) is 0 Å². The number of nitrogens with zero attached hydrogens (tertiary/aromatic N) is 2. The van der Waals surface area contributed by atoms with E-state index in [1.165, 1.54) is 0 Å². The lowest BCUT2D eigenvalue weighted by molar-refractivity contribution is -0.125. The lowest BCUT2D eigenvalue weighted by Crippen LogP contribution is -2.32. The van der Waals surface area contributed by atoms with Crippen molar-refractivity contribution in [3.8, 4) is 0 Å². The number of nitrogens with one attached hydrogen (secondary N) is 2. The number of carbonyl (C=O) groups is 2. The van der Waals surface area contributed by atoms with Crippen molar-refractivity contribution in [1.82, 2.24) is 14.9 Å². The molecule has 0 radical (unpaired) electrons. The van der Waals surface area contributed by atoms with E-state index in [0.717, 1.165) is 48.2 Å². The van der Waals surface area contributed by atoms with Gasteiger partial charge in [0.1, 0.15) is 5.82 Å². The van der Waals surface area contributed by atoms with E-state index in [9.17, 15) is 9.59 Å². The first kappa shape index (κ1) is 20.9. The monoisotopic (exact) mass is 372 g/mol. The number of aryl methyl sites for hydroxylation is 1. The second-order valence-electron chi connectivity index (χ2n) is 7.00. The number of unbranched alkanes of at least 4 members (excludes halogenated alkanes) is 1. The van der Waals surface area contributed by atoms with Crippen LogP contribution in [0.5, 0.6) is 0 Å². The van der Waals surface area contributed by atoms with E-state index in [0.29, 0.717) is 19.4 Å². The summed E-state index contributed by atoms with van der Waals surface area (Å²) < 4.78 is 2.04. The number of benzene rings is 1. The molecule has 1 aromatic heterocycles. The minimum absolute atomic E-state index is 0.0384. The summed E-state index contributed by atoms with van der Waals surface area (Å²) in [5, 5.41) is 5.95. The number of carbonyl (C=O) groups excluding carboxylic acids is 2. The maximum absolute atomic E-state index is 12.1. The summed E-state index contributed by atoms with van der Waals surface area (Å²) in [4.78, 5) is 28.7. The van der Waals surface area contributed by atoms with Gasteiger partial charge in [0.05, 0.1) is 11.0 Å². The Labute approximate surface area is 161 Å². The zero-order chi connectivity index (χ0) is 19.8. The summed E-state index contributed by atoms with van der Waals surface area (Å²) in [6.07, 6.45) is 4.84.